The summed E-state index contributed by atoms with van der Waals surface area (Å²) in [4.78, 5) is 0. The van der Waals surface area contributed by atoms with Gasteiger partial charge < -0.3 is 15.6 Å². The Kier molecular flexibility index (Phi) is 4.43. The molecule has 0 heterocycles. The van der Waals surface area contributed by atoms with E-state index < -0.39 is 0 Å². The lowest BCUT2D eigenvalue weighted by atomic mass is 10.0. The number of aliphatic hydroxyl groups is 1. The Bertz CT molecular complexity index is 258. The number of ether oxygens (including phenoxy) is 1. The van der Waals surface area contributed by atoms with E-state index in [0.29, 0.717) is 6.42 Å². The largest absolute Gasteiger partial charge is 0.497 e. The Morgan fingerprint density at radius 3 is 2.50 bits per heavy atom. The van der Waals surface area contributed by atoms with E-state index in [1.807, 2.05) is 24.3 Å². The first kappa shape index (κ1) is 11.0. The second-order valence-electron chi connectivity index (χ2n) is 3.32. The third-order valence-corrected chi connectivity index (χ3v) is 2.16. The molecule has 78 valence electrons. The Balaban J connectivity index is 2.50. The van der Waals surface area contributed by atoms with Crippen LogP contribution in [0, 0.1) is 0 Å². The van der Waals surface area contributed by atoms with Gasteiger partial charge in [-0.25, -0.2) is 0 Å². The number of hydrogen-bond acceptors (Lipinski definition) is 3. The van der Waals surface area contributed by atoms with Crippen molar-refractivity contribution in [3.05, 3.63) is 29.8 Å². The average Bonchev–Trinajstić information content (AvgIpc) is 2.19. The molecule has 1 aromatic carbocycles. The summed E-state index contributed by atoms with van der Waals surface area (Å²) in [5.41, 5.74) is 6.97. The smallest absolute Gasteiger partial charge is 0.118 e. The fourth-order valence-corrected chi connectivity index (χ4v) is 1.33. The maximum atomic E-state index is 8.70. The van der Waals surface area contributed by atoms with Crippen LogP contribution in [0.1, 0.15) is 12.0 Å². The van der Waals surface area contributed by atoms with Crippen LogP contribution in [-0.2, 0) is 6.42 Å². The highest BCUT2D eigenvalue weighted by Crippen LogP contribution is 2.12. The summed E-state index contributed by atoms with van der Waals surface area (Å²) in [6.07, 6.45) is 1.44. The van der Waals surface area contributed by atoms with E-state index in [2.05, 4.69) is 0 Å². The first-order valence-electron chi connectivity index (χ1n) is 4.75. The maximum absolute atomic E-state index is 8.70. The predicted molar refractivity (Wildman–Crippen MR) is 56.4 cm³/mol. The van der Waals surface area contributed by atoms with Crippen LogP contribution in [-0.4, -0.2) is 24.9 Å². The number of aliphatic hydroxyl groups excluding tert-OH is 1. The topological polar surface area (TPSA) is 55.5 Å². The highest BCUT2D eigenvalue weighted by Gasteiger charge is 2.03. The molecule has 0 aliphatic rings. The highest BCUT2D eigenvalue weighted by atomic mass is 16.5. The fourth-order valence-electron chi connectivity index (χ4n) is 1.33. The molecule has 0 bridgehead atoms. The number of benzene rings is 1. The molecule has 0 aliphatic heterocycles. The van der Waals surface area contributed by atoms with Crippen LogP contribution in [0.4, 0.5) is 0 Å². The van der Waals surface area contributed by atoms with Gasteiger partial charge in [-0.3, -0.25) is 0 Å². The molecular weight excluding hydrogens is 178 g/mol. The molecule has 3 N–H and O–H groups in total. The number of methoxy groups -OCH3 is 1. The Hall–Kier alpha value is -1.06. The third kappa shape index (κ3) is 3.36. The molecule has 0 amide bonds. The molecule has 0 saturated carbocycles. The van der Waals surface area contributed by atoms with E-state index in [0.717, 1.165) is 12.2 Å². The van der Waals surface area contributed by atoms with Crippen LogP contribution < -0.4 is 10.5 Å². The van der Waals surface area contributed by atoms with Crippen molar-refractivity contribution in [1.29, 1.82) is 0 Å². The number of nitrogens with two attached hydrogens (primary N) is 1. The summed E-state index contributed by atoms with van der Waals surface area (Å²) in [5.74, 6) is 0.851. The molecule has 1 unspecified atom stereocenters. The van der Waals surface area contributed by atoms with Gasteiger partial charge in [-0.05, 0) is 30.5 Å². The number of hydrogen-bond donors (Lipinski definition) is 2. The zero-order chi connectivity index (χ0) is 10.4. The molecule has 3 nitrogen and oxygen atoms in total. The summed E-state index contributed by atoms with van der Waals surface area (Å²) in [6.45, 7) is 0.150. The lowest BCUT2D eigenvalue weighted by molar-refractivity contribution is 0.275. The molecule has 1 atom stereocenters. The molecule has 14 heavy (non-hydrogen) atoms. The van der Waals surface area contributed by atoms with Gasteiger partial charge in [0.25, 0.3) is 0 Å². The van der Waals surface area contributed by atoms with Crippen LogP contribution in [0.5, 0.6) is 5.75 Å². The van der Waals surface area contributed by atoms with Gasteiger partial charge in [0.05, 0.1) is 7.11 Å². The highest BCUT2D eigenvalue weighted by molar-refractivity contribution is 5.27. The van der Waals surface area contributed by atoms with Crippen molar-refractivity contribution in [3.63, 3.8) is 0 Å². The van der Waals surface area contributed by atoms with Gasteiger partial charge in [0.2, 0.25) is 0 Å². The third-order valence-electron chi connectivity index (χ3n) is 2.16. The summed E-state index contributed by atoms with van der Waals surface area (Å²) in [6, 6.07) is 7.86. The molecule has 0 saturated heterocycles. The van der Waals surface area contributed by atoms with Crippen molar-refractivity contribution in [3.8, 4) is 5.75 Å². The van der Waals surface area contributed by atoms with E-state index in [-0.39, 0.29) is 12.6 Å². The van der Waals surface area contributed by atoms with Gasteiger partial charge in [-0.1, -0.05) is 12.1 Å². The monoisotopic (exact) mass is 195 g/mol. The van der Waals surface area contributed by atoms with Gasteiger partial charge in [0.15, 0.2) is 0 Å². The molecule has 1 aromatic rings. The van der Waals surface area contributed by atoms with Crippen molar-refractivity contribution in [2.75, 3.05) is 13.7 Å². The summed E-state index contributed by atoms with van der Waals surface area (Å²) < 4.78 is 5.05. The van der Waals surface area contributed by atoms with E-state index in [4.69, 9.17) is 15.6 Å². The second kappa shape index (κ2) is 5.62. The minimum atomic E-state index is 0.0356. The zero-order valence-electron chi connectivity index (χ0n) is 8.44. The Morgan fingerprint density at radius 1 is 1.36 bits per heavy atom. The van der Waals surface area contributed by atoms with Crippen molar-refractivity contribution >= 4 is 0 Å². The van der Waals surface area contributed by atoms with Crippen molar-refractivity contribution in [2.24, 2.45) is 5.73 Å². The first-order valence-corrected chi connectivity index (χ1v) is 4.75. The van der Waals surface area contributed by atoms with Crippen LogP contribution in [0.25, 0.3) is 0 Å². The van der Waals surface area contributed by atoms with Crippen LogP contribution >= 0.6 is 0 Å². The van der Waals surface area contributed by atoms with Gasteiger partial charge in [-0.2, -0.15) is 0 Å². The van der Waals surface area contributed by atoms with Crippen LogP contribution in [0.3, 0.4) is 0 Å². The molecule has 0 aliphatic carbocycles. The van der Waals surface area contributed by atoms with E-state index in [9.17, 15) is 0 Å². The molecular formula is C11H17NO2. The van der Waals surface area contributed by atoms with E-state index >= 15 is 0 Å². The standard InChI is InChI=1S/C11H17NO2/c1-14-11-4-2-9(3-5-11)8-10(12)6-7-13/h2-5,10,13H,6-8,12H2,1H3. The van der Waals surface area contributed by atoms with Crippen molar-refractivity contribution in [2.45, 2.75) is 18.9 Å². The lowest BCUT2D eigenvalue weighted by Gasteiger charge is -2.09. The first-order chi connectivity index (χ1) is 6.76. The summed E-state index contributed by atoms with van der Waals surface area (Å²) >= 11 is 0. The van der Waals surface area contributed by atoms with Gasteiger partial charge >= 0.3 is 0 Å². The fraction of sp³-hybridized carbons (Fsp3) is 0.455. The molecule has 1 rings (SSSR count). The predicted octanol–water partition coefficient (Wildman–Crippen LogP) is 0.947. The van der Waals surface area contributed by atoms with Crippen LogP contribution in [0.2, 0.25) is 0 Å². The van der Waals surface area contributed by atoms with Gasteiger partial charge in [0.1, 0.15) is 5.75 Å². The quantitative estimate of drug-likeness (QED) is 0.735. The summed E-state index contributed by atoms with van der Waals surface area (Å²) in [5, 5.41) is 8.70. The van der Waals surface area contributed by atoms with Crippen molar-refractivity contribution < 1.29 is 9.84 Å². The molecule has 0 radical (unpaired) electrons. The minimum Gasteiger partial charge on any atom is -0.497 e. The normalized spacial score (nSPS) is 12.5. The molecule has 0 fully saturated rings. The average molecular weight is 195 g/mol. The Morgan fingerprint density at radius 2 is 2.00 bits per heavy atom. The summed E-state index contributed by atoms with van der Waals surface area (Å²) in [7, 11) is 1.65. The zero-order valence-corrected chi connectivity index (χ0v) is 8.44. The lowest BCUT2D eigenvalue weighted by Crippen LogP contribution is -2.23. The molecule has 0 spiro atoms. The SMILES string of the molecule is COc1ccc(CC(N)CCO)cc1. The Labute approximate surface area is 84.5 Å². The van der Waals surface area contributed by atoms with Gasteiger partial charge in [-0.15, -0.1) is 0 Å². The molecule has 0 aromatic heterocycles. The van der Waals surface area contributed by atoms with E-state index in [1.54, 1.807) is 7.11 Å². The minimum absolute atomic E-state index is 0.0356. The second-order valence-corrected chi connectivity index (χ2v) is 3.32. The maximum Gasteiger partial charge on any atom is 0.118 e. The van der Waals surface area contributed by atoms with Gasteiger partial charge in [0, 0.05) is 12.6 Å². The van der Waals surface area contributed by atoms with Crippen LogP contribution in [0.15, 0.2) is 24.3 Å². The molecule has 3 heteroatoms. The number of rotatable bonds is 5. The van der Waals surface area contributed by atoms with Crippen molar-refractivity contribution in [1.82, 2.24) is 0 Å². The van der Waals surface area contributed by atoms with E-state index in [1.165, 1.54) is 5.56 Å².